The van der Waals surface area contributed by atoms with Crippen molar-refractivity contribution in [1.82, 2.24) is 4.90 Å². The molecule has 7 heteroatoms. The highest BCUT2D eigenvalue weighted by Crippen LogP contribution is 2.43. The van der Waals surface area contributed by atoms with Crippen LogP contribution >= 0.6 is 0 Å². The van der Waals surface area contributed by atoms with Gasteiger partial charge in [0.15, 0.2) is 11.5 Å². The maximum Gasteiger partial charge on any atom is 0.295 e. The monoisotopic (exact) mass is 589 g/mol. The van der Waals surface area contributed by atoms with Crippen molar-refractivity contribution in [3.8, 4) is 17.2 Å². The van der Waals surface area contributed by atoms with Crippen molar-refractivity contribution in [3.63, 3.8) is 0 Å². The molecule has 1 N–H and O–H groups in total. The van der Waals surface area contributed by atoms with E-state index >= 15 is 0 Å². The molecule has 4 aromatic carbocycles. The van der Waals surface area contributed by atoms with Gasteiger partial charge in [-0.05, 0) is 72.9 Å². The lowest BCUT2D eigenvalue weighted by molar-refractivity contribution is -0.139. The molecule has 224 valence electrons. The number of Topliss-reactive ketones (excluding diaryl/α,β-unsaturated/α-hetero) is 1. The Morgan fingerprint density at radius 3 is 2.34 bits per heavy atom. The van der Waals surface area contributed by atoms with Gasteiger partial charge in [0.2, 0.25) is 0 Å². The van der Waals surface area contributed by atoms with Crippen molar-refractivity contribution < 1.29 is 28.9 Å². The number of fused-ring (bicyclic) bond motifs is 1. The fourth-order valence-electron chi connectivity index (χ4n) is 5.89. The zero-order chi connectivity index (χ0) is 30.6. The highest BCUT2D eigenvalue weighted by Gasteiger charge is 2.46. The van der Waals surface area contributed by atoms with Gasteiger partial charge in [-0.1, -0.05) is 66.7 Å². The zero-order valence-corrected chi connectivity index (χ0v) is 24.9. The number of hydrogen-bond donors (Lipinski definition) is 1. The quantitative estimate of drug-likeness (QED) is 0.127. The molecular formula is C37H35NO6. The first kappa shape index (κ1) is 29.1. The Hall–Kier alpha value is -5.04. The molecule has 2 heterocycles. The van der Waals surface area contributed by atoms with Gasteiger partial charge in [0, 0.05) is 18.5 Å². The highest BCUT2D eigenvalue weighted by molar-refractivity contribution is 6.46. The molecular weight excluding hydrogens is 554 g/mol. The Labute approximate surface area is 257 Å². The summed E-state index contributed by atoms with van der Waals surface area (Å²) in [7, 11) is 0. The third kappa shape index (κ3) is 5.91. The van der Waals surface area contributed by atoms with Crippen LogP contribution < -0.4 is 14.2 Å². The van der Waals surface area contributed by atoms with Crippen LogP contribution in [0.4, 0.5) is 0 Å². The average Bonchev–Trinajstić information content (AvgIpc) is 3.54. The Kier molecular flexibility index (Phi) is 8.37. The standard InChI is InChI=1S/C37H35NO6/c1-3-42-32-22-27(14-17-31(32)43-23-26-12-8-5-9-13-26)34-33(35(39)28-15-16-30-29(21-28)20-24(2)44-30)36(40)37(41)38(34)19-18-25-10-6-4-7-11-25/h4-17,21-22,24,34,39H,3,18-20,23H2,1-2H3/b35-33+. The van der Waals surface area contributed by atoms with Crippen molar-refractivity contribution in [3.05, 3.63) is 130 Å². The number of aliphatic hydroxyl groups excluding tert-OH is 1. The van der Waals surface area contributed by atoms with E-state index in [1.54, 1.807) is 29.2 Å². The van der Waals surface area contributed by atoms with E-state index in [1.165, 1.54) is 0 Å². The first-order chi connectivity index (χ1) is 21.4. The summed E-state index contributed by atoms with van der Waals surface area (Å²) >= 11 is 0. The van der Waals surface area contributed by atoms with E-state index in [4.69, 9.17) is 14.2 Å². The summed E-state index contributed by atoms with van der Waals surface area (Å²) in [4.78, 5) is 28.8. The molecule has 0 saturated carbocycles. The van der Waals surface area contributed by atoms with Crippen LogP contribution in [0.25, 0.3) is 5.76 Å². The summed E-state index contributed by atoms with van der Waals surface area (Å²) in [5, 5.41) is 11.7. The van der Waals surface area contributed by atoms with Crippen LogP contribution in [0.2, 0.25) is 0 Å². The van der Waals surface area contributed by atoms with Gasteiger partial charge < -0.3 is 24.2 Å². The third-order valence-corrected chi connectivity index (χ3v) is 8.01. The summed E-state index contributed by atoms with van der Waals surface area (Å²) in [6.45, 7) is 4.92. The Bertz CT molecular complexity index is 1700. The van der Waals surface area contributed by atoms with Gasteiger partial charge >= 0.3 is 0 Å². The maximum atomic E-state index is 13.7. The fourth-order valence-corrected chi connectivity index (χ4v) is 5.89. The van der Waals surface area contributed by atoms with E-state index in [1.807, 2.05) is 86.6 Å². The lowest BCUT2D eigenvalue weighted by atomic mass is 9.94. The topological polar surface area (TPSA) is 85.3 Å². The van der Waals surface area contributed by atoms with E-state index < -0.39 is 17.7 Å². The highest BCUT2D eigenvalue weighted by atomic mass is 16.5. The number of nitrogens with zero attached hydrogens (tertiary/aromatic N) is 1. The second-order valence-electron chi connectivity index (χ2n) is 11.1. The molecule has 0 spiro atoms. The van der Waals surface area contributed by atoms with Crippen LogP contribution in [0.1, 0.15) is 47.7 Å². The molecule has 44 heavy (non-hydrogen) atoms. The number of carbonyl (C=O) groups excluding carboxylic acids is 2. The van der Waals surface area contributed by atoms with E-state index in [0.717, 1.165) is 22.4 Å². The van der Waals surface area contributed by atoms with Gasteiger partial charge in [-0.15, -0.1) is 0 Å². The van der Waals surface area contributed by atoms with Crippen LogP contribution in [0.3, 0.4) is 0 Å². The SMILES string of the molecule is CCOc1cc(C2/C(=C(\O)c3ccc4c(c3)CC(C)O4)C(=O)C(=O)N2CCc2ccccc2)ccc1OCc1ccccc1. The largest absolute Gasteiger partial charge is 0.507 e. The van der Waals surface area contributed by atoms with E-state index in [9.17, 15) is 14.7 Å². The number of hydrogen-bond acceptors (Lipinski definition) is 6. The minimum Gasteiger partial charge on any atom is -0.507 e. The summed E-state index contributed by atoms with van der Waals surface area (Å²) in [5.74, 6) is 0.245. The molecule has 2 atom stereocenters. The Balaban J connectivity index is 1.40. The second-order valence-corrected chi connectivity index (χ2v) is 11.1. The number of likely N-dealkylation sites (tertiary alicyclic amines) is 1. The fraction of sp³-hybridized carbons (Fsp3) is 0.243. The molecule has 0 aromatic heterocycles. The van der Waals surface area contributed by atoms with Crippen molar-refractivity contribution in [2.24, 2.45) is 0 Å². The molecule has 1 amide bonds. The second kappa shape index (κ2) is 12.7. The van der Waals surface area contributed by atoms with Crippen molar-refractivity contribution in [1.29, 1.82) is 0 Å². The number of benzene rings is 4. The molecule has 0 bridgehead atoms. The van der Waals surface area contributed by atoms with Gasteiger partial charge in [-0.3, -0.25) is 9.59 Å². The van der Waals surface area contributed by atoms with Crippen LogP contribution in [0.5, 0.6) is 17.2 Å². The molecule has 0 radical (unpaired) electrons. The van der Waals surface area contributed by atoms with Gasteiger partial charge in [0.25, 0.3) is 11.7 Å². The molecule has 2 aliphatic heterocycles. The minimum absolute atomic E-state index is 0.0329. The number of carbonyl (C=O) groups is 2. The van der Waals surface area contributed by atoms with Crippen LogP contribution in [-0.2, 0) is 29.0 Å². The van der Waals surface area contributed by atoms with Crippen molar-refractivity contribution >= 4 is 17.4 Å². The maximum absolute atomic E-state index is 13.7. The summed E-state index contributed by atoms with van der Waals surface area (Å²) in [5.41, 5.74) is 4.18. The third-order valence-electron chi connectivity index (χ3n) is 8.01. The van der Waals surface area contributed by atoms with E-state index in [2.05, 4.69) is 0 Å². The van der Waals surface area contributed by atoms with Crippen LogP contribution in [0, 0.1) is 0 Å². The smallest absolute Gasteiger partial charge is 0.295 e. The predicted molar refractivity (Wildman–Crippen MR) is 168 cm³/mol. The number of amides is 1. The van der Waals surface area contributed by atoms with Crippen molar-refractivity contribution in [2.45, 2.75) is 45.4 Å². The minimum atomic E-state index is -0.815. The van der Waals surface area contributed by atoms with Gasteiger partial charge in [-0.25, -0.2) is 0 Å². The van der Waals surface area contributed by atoms with Gasteiger partial charge in [0.05, 0.1) is 18.2 Å². The van der Waals surface area contributed by atoms with Crippen LogP contribution in [-0.4, -0.2) is 41.0 Å². The van der Waals surface area contributed by atoms with Gasteiger partial charge in [-0.2, -0.15) is 0 Å². The molecule has 0 aliphatic carbocycles. The molecule has 1 fully saturated rings. The lowest BCUT2D eigenvalue weighted by Crippen LogP contribution is -2.31. The Morgan fingerprint density at radius 2 is 1.61 bits per heavy atom. The Morgan fingerprint density at radius 1 is 0.886 bits per heavy atom. The first-order valence-corrected chi connectivity index (χ1v) is 15.0. The molecule has 2 aliphatic rings. The summed E-state index contributed by atoms with van der Waals surface area (Å²) in [6, 6.07) is 29.7. The normalized spacial score (nSPS) is 18.6. The number of aliphatic hydroxyl groups is 1. The lowest BCUT2D eigenvalue weighted by Gasteiger charge is -2.26. The first-order valence-electron chi connectivity index (χ1n) is 15.0. The molecule has 4 aromatic rings. The predicted octanol–water partition coefficient (Wildman–Crippen LogP) is 6.65. The number of ether oxygens (including phenoxy) is 3. The number of rotatable bonds is 10. The zero-order valence-electron chi connectivity index (χ0n) is 24.9. The molecule has 2 unspecified atom stereocenters. The summed E-state index contributed by atoms with van der Waals surface area (Å²) < 4.78 is 17.9. The number of ketones is 1. The van der Waals surface area contributed by atoms with E-state index in [-0.39, 0.29) is 17.4 Å². The molecule has 1 saturated heterocycles. The van der Waals surface area contributed by atoms with E-state index in [0.29, 0.717) is 55.2 Å². The van der Waals surface area contributed by atoms with Crippen LogP contribution in [0.15, 0.2) is 103 Å². The van der Waals surface area contributed by atoms with Gasteiger partial charge in [0.1, 0.15) is 24.2 Å². The molecule has 7 nitrogen and oxygen atoms in total. The average molecular weight is 590 g/mol. The molecule has 6 rings (SSSR count). The summed E-state index contributed by atoms with van der Waals surface area (Å²) in [6.07, 6.45) is 1.29. The van der Waals surface area contributed by atoms with Crippen molar-refractivity contribution in [2.75, 3.05) is 13.2 Å².